The first-order valence-corrected chi connectivity index (χ1v) is 10.7. The number of anilines is 1. The molecule has 0 radical (unpaired) electrons. The molecule has 1 aromatic heterocycles. The normalized spacial score (nSPS) is 19.3. The lowest BCUT2D eigenvalue weighted by Gasteiger charge is -2.32. The molecule has 1 aromatic carbocycles. The quantitative estimate of drug-likeness (QED) is 0.837. The number of hydrogen-bond donors (Lipinski definition) is 1. The van der Waals surface area contributed by atoms with Gasteiger partial charge < -0.3 is 19.9 Å². The number of fused-ring (bicyclic) bond motifs is 1. The van der Waals surface area contributed by atoms with Gasteiger partial charge in [-0.2, -0.15) is 0 Å². The third-order valence-corrected chi connectivity index (χ3v) is 6.24. The van der Waals surface area contributed by atoms with Crippen molar-refractivity contribution in [3.05, 3.63) is 46.4 Å². The predicted octanol–water partition coefficient (Wildman–Crippen LogP) is 2.84. The van der Waals surface area contributed by atoms with Gasteiger partial charge >= 0.3 is 0 Å². The molecule has 1 amide bonds. The van der Waals surface area contributed by atoms with E-state index in [0.29, 0.717) is 30.3 Å². The first-order valence-electron chi connectivity index (χ1n) is 10.7. The first-order chi connectivity index (χ1) is 14.5. The molecule has 30 heavy (non-hydrogen) atoms. The topological polar surface area (TPSA) is 70.6 Å². The predicted molar refractivity (Wildman–Crippen MR) is 117 cm³/mol. The summed E-state index contributed by atoms with van der Waals surface area (Å²) in [5.41, 5.74) is 3.66. The van der Waals surface area contributed by atoms with Gasteiger partial charge in [0.1, 0.15) is 17.4 Å². The Kier molecular flexibility index (Phi) is 5.90. The number of hydrogen-bond acceptors (Lipinski definition) is 6. The number of aromatic nitrogens is 2. The van der Waals surface area contributed by atoms with Crippen molar-refractivity contribution in [2.24, 2.45) is 0 Å². The van der Waals surface area contributed by atoms with Gasteiger partial charge in [-0.3, -0.25) is 4.79 Å². The van der Waals surface area contributed by atoms with Crippen molar-refractivity contribution in [2.45, 2.75) is 38.6 Å². The number of likely N-dealkylation sites (N-methyl/N-ethyl adjacent to an activating group) is 1. The van der Waals surface area contributed by atoms with Crippen LogP contribution in [0.1, 0.15) is 51.8 Å². The molecule has 0 unspecified atom stereocenters. The van der Waals surface area contributed by atoms with E-state index in [4.69, 9.17) is 14.7 Å². The molecule has 1 fully saturated rings. The van der Waals surface area contributed by atoms with Crippen LogP contribution in [0.4, 0.5) is 5.82 Å². The molecular weight excluding hydrogens is 378 g/mol. The summed E-state index contributed by atoms with van der Waals surface area (Å²) in [6, 6.07) is 5.70. The van der Waals surface area contributed by atoms with E-state index < -0.39 is 0 Å². The molecule has 1 saturated heterocycles. The van der Waals surface area contributed by atoms with Gasteiger partial charge in [0.25, 0.3) is 5.91 Å². The smallest absolute Gasteiger partial charge is 0.257 e. The minimum Gasteiger partial charge on any atom is -0.496 e. The van der Waals surface area contributed by atoms with Gasteiger partial charge in [-0.25, -0.2) is 9.97 Å². The Morgan fingerprint density at radius 3 is 2.83 bits per heavy atom. The fraction of sp³-hybridized carbons (Fsp3) is 0.522. The Balaban J connectivity index is 1.63. The zero-order valence-electron chi connectivity index (χ0n) is 18.4. The summed E-state index contributed by atoms with van der Waals surface area (Å²) in [5.74, 6) is 2.78. The summed E-state index contributed by atoms with van der Waals surface area (Å²) in [4.78, 5) is 27.3. The number of para-hydroxylation sites is 1. The molecule has 0 aliphatic carbocycles. The summed E-state index contributed by atoms with van der Waals surface area (Å²) in [5, 5.41) is 3.26. The van der Waals surface area contributed by atoms with E-state index in [2.05, 4.69) is 17.3 Å². The molecule has 3 heterocycles. The van der Waals surface area contributed by atoms with E-state index in [0.717, 1.165) is 60.8 Å². The summed E-state index contributed by atoms with van der Waals surface area (Å²) in [6.45, 7) is 5.21. The molecule has 2 aliphatic heterocycles. The van der Waals surface area contributed by atoms with E-state index in [1.807, 2.05) is 37.1 Å². The van der Waals surface area contributed by atoms with E-state index >= 15 is 0 Å². The third kappa shape index (κ3) is 3.86. The Morgan fingerprint density at radius 2 is 2.10 bits per heavy atom. The molecule has 0 spiro atoms. The molecule has 7 nitrogen and oxygen atoms in total. The molecule has 0 bridgehead atoms. The highest BCUT2D eigenvalue weighted by Crippen LogP contribution is 2.31. The molecule has 2 aliphatic rings. The van der Waals surface area contributed by atoms with E-state index in [9.17, 15) is 4.79 Å². The molecular formula is C23H31N5O2. The van der Waals surface area contributed by atoms with Crippen LogP contribution >= 0.6 is 0 Å². The van der Waals surface area contributed by atoms with Crippen LogP contribution in [0.15, 0.2) is 18.2 Å². The number of rotatable bonds is 4. The van der Waals surface area contributed by atoms with Crippen molar-refractivity contribution < 1.29 is 9.53 Å². The number of nitrogens with zero attached hydrogens (tertiary/aromatic N) is 4. The van der Waals surface area contributed by atoms with E-state index in [1.165, 1.54) is 0 Å². The lowest BCUT2D eigenvalue weighted by atomic mass is 9.96. The monoisotopic (exact) mass is 409 g/mol. The lowest BCUT2D eigenvalue weighted by molar-refractivity contribution is 0.0728. The molecule has 7 heteroatoms. The number of carbonyl (C=O) groups is 1. The van der Waals surface area contributed by atoms with Gasteiger partial charge in [0.2, 0.25) is 0 Å². The number of piperidine rings is 1. The summed E-state index contributed by atoms with van der Waals surface area (Å²) in [7, 11) is 5.68. The average Bonchev–Trinajstić information content (AvgIpc) is 2.77. The van der Waals surface area contributed by atoms with Gasteiger partial charge in [0.15, 0.2) is 0 Å². The van der Waals surface area contributed by atoms with Crippen molar-refractivity contribution >= 4 is 11.7 Å². The fourth-order valence-corrected chi connectivity index (χ4v) is 4.65. The van der Waals surface area contributed by atoms with E-state index in [1.54, 1.807) is 7.11 Å². The summed E-state index contributed by atoms with van der Waals surface area (Å²) >= 11 is 0. The lowest BCUT2D eigenvalue weighted by Crippen LogP contribution is -2.38. The number of amides is 1. The average molecular weight is 410 g/mol. The number of aryl methyl sites for hydroxylation is 1. The van der Waals surface area contributed by atoms with Gasteiger partial charge in [-0.15, -0.1) is 0 Å². The van der Waals surface area contributed by atoms with Crippen LogP contribution in [0.5, 0.6) is 5.75 Å². The Morgan fingerprint density at radius 1 is 1.27 bits per heavy atom. The number of nitrogens with one attached hydrogen (secondary N) is 1. The molecule has 1 N–H and O–H groups in total. The van der Waals surface area contributed by atoms with Crippen LogP contribution in [0.25, 0.3) is 0 Å². The van der Waals surface area contributed by atoms with Gasteiger partial charge in [-0.05, 0) is 51.4 Å². The van der Waals surface area contributed by atoms with Crippen molar-refractivity contribution in [3.8, 4) is 5.75 Å². The molecule has 1 atom stereocenters. The van der Waals surface area contributed by atoms with Crippen LogP contribution in [-0.2, 0) is 13.0 Å². The molecule has 4 rings (SSSR count). The number of benzene rings is 1. The van der Waals surface area contributed by atoms with Crippen LogP contribution in [0.2, 0.25) is 0 Å². The minimum atomic E-state index is -0.00947. The molecule has 160 valence electrons. The molecule has 2 aromatic rings. The summed E-state index contributed by atoms with van der Waals surface area (Å²) < 4.78 is 5.51. The highest BCUT2D eigenvalue weighted by Gasteiger charge is 2.29. The van der Waals surface area contributed by atoms with Crippen LogP contribution in [-0.4, -0.2) is 66.5 Å². The maximum atomic E-state index is 13.3. The van der Waals surface area contributed by atoms with Crippen LogP contribution in [0.3, 0.4) is 0 Å². The largest absolute Gasteiger partial charge is 0.496 e. The maximum absolute atomic E-state index is 13.3. The Labute approximate surface area is 178 Å². The second-order valence-electron chi connectivity index (χ2n) is 8.34. The van der Waals surface area contributed by atoms with E-state index in [-0.39, 0.29) is 5.91 Å². The van der Waals surface area contributed by atoms with Gasteiger partial charge in [0.05, 0.1) is 24.9 Å². The van der Waals surface area contributed by atoms with Gasteiger partial charge in [0, 0.05) is 31.6 Å². The zero-order valence-corrected chi connectivity index (χ0v) is 18.4. The molecule has 0 saturated carbocycles. The van der Waals surface area contributed by atoms with Crippen molar-refractivity contribution in [3.63, 3.8) is 0 Å². The maximum Gasteiger partial charge on any atom is 0.257 e. The summed E-state index contributed by atoms with van der Waals surface area (Å²) in [6.07, 6.45) is 3.01. The highest BCUT2D eigenvalue weighted by molar-refractivity contribution is 5.97. The highest BCUT2D eigenvalue weighted by atomic mass is 16.5. The second kappa shape index (κ2) is 8.60. The van der Waals surface area contributed by atoms with Crippen molar-refractivity contribution in [2.75, 3.05) is 46.2 Å². The van der Waals surface area contributed by atoms with Crippen molar-refractivity contribution in [1.82, 2.24) is 19.8 Å². The third-order valence-electron chi connectivity index (χ3n) is 6.24. The van der Waals surface area contributed by atoms with Gasteiger partial charge in [-0.1, -0.05) is 12.1 Å². The van der Waals surface area contributed by atoms with Crippen molar-refractivity contribution in [1.29, 1.82) is 0 Å². The number of likely N-dealkylation sites (tertiary alicyclic amines) is 1. The Bertz CT molecular complexity index is 945. The number of carbonyl (C=O) groups excluding carboxylic acids is 1. The number of methoxy groups -OCH3 is 1. The zero-order chi connectivity index (χ0) is 21.3. The Hall–Kier alpha value is -2.67. The standard InChI is InChI=1S/C23H31N5O2/c1-15-7-5-9-18(20(15)30-4)23(29)28-12-10-17-19(14-28)25-21(26-22(17)24-2)16-8-6-11-27(3)13-16/h5,7,9,16H,6,8,10-14H2,1-4H3,(H,24,25,26)/t16-/m0/s1. The van der Waals surface area contributed by atoms with Crippen LogP contribution in [0, 0.1) is 6.92 Å². The minimum absolute atomic E-state index is 0.00947. The number of ether oxygens (including phenoxy) is 1. The second-order valence-corrected chi connectivity index (χ2v) is 8.34. The fourth-order valence-electron chi connectivity index (χ4n) is 4.65. The van der Waals surface area contributed by atoms with Crippen LogP contribution < -0.4 is 10.1 Å². The SMILES string of the molecule is CNc1nc([C@H]2CCCN(C)C2)nc2c1CCN(C(=O)c1cccc(C)c1OC)C2. The first kappa shape index (κ1) is 20.6.